The van der Waals surface area contributed by atoms with E-state index in [1.54, 1.807) is 0 Å². The standard InChI is InChI=1S/C12H24N2O.ClH/c1-4-12(2,3)8-11(15)14-10-6-5-7-13-9-10;/h10,13H,4-9H2,1-3H3,(H,14,15);1H/t10-;/m1./s1. The highest BCUT2D eigenvalue weighted by Crippen LogP contribution is 2.24. The number of hydrogen-bond donors (Lipinski definition) is 2. The van der Waals surface area contributed by atoms with Gasteiger partial charge in [0.2, 0.25) is 5.91 Å². The van der Waals surface area contributed by atoms with Crippen molar-refractivity contribution in [2.24, 2.45) is 5.41 Å². The number of carbonyl (C=O) groups excluding carboxylic acids is 1. The lowest BCUT2D eigenvalue weighted by molar-refractivity contribution is -0.123. The minimum absolute atomic E-state index is 0. The fourth-order valence-electron chi connectivity index (χ4n) is 1.81. The maximum Gasteiger partial charge on any atom is 0.220 e. The molecule has 0 aliphatic carbocycles. The van der Waals surface area contributed by atoms with Crippen molar-refractivity contribution in [3.05, 3.63) is 0 Å². The highest BCUT2D eigenvalue weighted by Gasteiger charge is 2.22. The van der Waals surface area contributed by atoms with Crippen LogP contribution < -0.4 is 10.6 Å². The molecule has 0 bridgehead atoms. The molecule has 0 spiro atoms. The van der Waals surface area contributed by atoms with Crippen molar-refractivity contribution >= 4 is 18.3 Å². The van der Waals surface area contributed by atoms with E-state index >= 15 is 0 Å². The van der Waals surface area contributed by atoms with Gasteiger partial charge in [0.15, 0.2) is 0 Å². The smallest absolute Gasteiger partial charge is 0.220 e. The molecule has 0 unspecified atom stereocenters. The number of halogens is 1. The van der Waals surface area contributed by atoms with Crippen LogP contribution >= 0.6 is 12.4 Å². The Hall–Kier alpha value is -0.280. The lowest BCUT2D eigenvalue weighted by Gasteiger charge is -2.27. The summed E-state index contributed by atoms with van der Waals surface area (Å²) in [5, 5.41) is 6.41. The third kappa shape index (κ3) is 5.71. The van der Waals surface area contributed by atoms with E-state index in [4.69, 9.17) is 0 Å². The Kier molecular flexibility index (Phi) is 7.00. The highest BCUT2D eigenvalue weighted by atomic mass is 35.5. The van der Waals surface area contributed by atoms with E-state index in [9.17, 15) is 4.79 Å². The van der Waals surface area contributed by atoms with Gasteiger partial charge in [-0.3, -0.25) is 4.79 Å². The summed E-state index contributed by atoms with van der Waals surface area (Å²) in [6.07, 6.45) is 3.97. The molecule has 16 heavy (non-hydrogen) atoms. The van der Waals surface area contributed by atoms with Crippen LogP contribution in [0, 0.1) is 5.41 Å². The van der Waals surface area contributed by atoms with Crippen molar-refractivity contribution in [3.8, 4) is 0 Å². The van der Waals surface area contributed by atoms with Gasteiger partial charge in [0.25, 0.3) is 0 Å². The van der Waals surface area contributed by atoms with E-state index in [-0.39, 0.29) is 23.7 Å². The zero-order chi connectivity index (χ0) is 11.3. The molecule has 2 N–H and O–H groups in total. The molecule has 1 rings (SSSR count). The summed E-state index contributed by atoms with van der Waals surface area (Å²) in [6.45, 7) is 8.44. The lowest BCUT2D eigenvalue weighted by Crippen LogP contribution is -2.46. The summed E-state index contributed by atoms with van der Waals surface area (Å²) < 4.78 is 0. The van der Waals surface area contributed by atoms with Crippen LogP contribution in [0.4, 0.5) is 0 Å². The van der Waals surface area contributed by atoms with E-state index in [2.05, 4.69) is 31.4 Å². The van der Waals surface area contributed by atoms with Gasteiger partial charge < -0.3 is 10.6 Å². The molecular weight excluding hydrogens is 224 g/mol. The first kappa shape index (κ1) is 15.7. The first-order valence-electron chi connectivity index (χ1n) is 6.03. The second-order valence-electron chi connectivity index (χ2n) is 5.31. The molecule has 0 aromatic rings. The van der Waals surface area contributed by atoms with Crippen LogP contribution in [0.15, 0.2) is 0 Å². The van der Waals surface area contributed by atoms with E-state index in [0.717, 1.165) is 25.9 Å². The topological polar surface area (TPSA) is 41.1 Å². The Labute approximate surface area is 105 Å². The zero-order valence-corrected chi connectivity index (χ0v) is 11.5. The van der Waals surface area contributed by atoms with Crippen LogP contribution in [-0.4, -0.2) is 25.0 Å². The fourth-order valence-corrected chi connectivity index (χ4v) is 1.81. The number of rotatable bonds is 4. The molecule has 1 heterocycles. The maximum atomic E-state index is 11.7. The van der Waals surface area contributed by atoms with Gasteiger partial charge in [0.05, 0.1) is 0 Å². The molecule has 3 nitrogen and oxygen atoms in total. The lowest BCUT2D eigenvalue weighted by atomic mass is 9.86. The summed E-state index contributed by atoms with van der Waals surface area (Å²) in [5.74, 6) is 0.204. The minimum atomic E-state index is 0. The Morgan fingerprint density at radius 2 is 2.19 bits per heavy atom. The predicted molar refractivity (Wildman–Crippen MR) is 70.0 cm³/mol. The van der Waals surface area contributed by atoms with Crippen LogP contribution in [0.5, 0.6) is 0 Å². The number of piperidine rings is 1. The summed E-state index contributed by atoms with van der Waals surface area (Å²) in [5.41, 5.74) is 0.131. The average molecular weight is 249 g/mol. The third-order valence-electron chi connectivity index (χ3n) is 3.26. The molecule has 0 radical (unpaired) electrons. The summed E-state index contributed by atoms with van der Waals surface area (Å²) in [4.78, 5) is 11.7. The Balaban J connectivity index is 0.00000225. The SMILES string of the molecule is CCC(C)(C)CC(=O)N[C@@H]1CCCNC1.Cl. The van der Waals surface area contributed by atoms with Gasteiger partial charge in [-0.2, -0.15) is 0 Å². The Bertz CT molecular complexity index is 213. The molecule has 96 valence electrons. The van der Waals surface area contributed by atoms with Crippen LogP contribution in [0.25, 0.3) is 0 Å². The van der Waals surface area contributed by atoms with Gasteiger partial charge in [-0.1, -0.05) is 27.2 Å². The predicted octanol–water partition coefficient (Wildman–Crippen LogP) is 2.10. The summed E-state index contributed by atoms with van der Waals surface area (Å²) in [7, 11) is 0. The second-order valence-corrected chi connectivity index (χ2v) is 5.31. The average Bonchev–Trinajstić information content (AvgIpc) is 2.18. The highest BCUT2D eigenvalue weighted by molar-refractivity contribution is 5.85. The minimum Gasteiger partial charge on any atom is -0.352 e. The molecule has 0 saturated carbocycles. The summed E-state index contributed by atoms with van der Waals surface area (Å²) in [6, 6.07) is 0.346. The van der Waals surface area contributed by atoms with Crippen molar-refractivity contribution in [1.82, 2.24) is 10.6 Å². The number of nitrogens with one attached hydrogen (secondary N) is 2. The van der Waals surface area contributed by atoms with Crippen molar-refractivity contribution < 1.29 is 4.79 Å². The number of hydrogen-bond acceptors (Lipinski definition) is 2. The van der Waals surface area contributed by atoms with Crippen LogP contribution in [0.2, 0.25) is 0 Å². The first-order chi connectivity index (χ1) is 7.03. The van der Waals surface area contributed by atoms with Gasteiger partial charge in [0.1, 0.15) is 0 Å². The van der Waals surface area contributed by atoms with Crippen molar-refractivity contribution in [3.63, 3.8) is 0 Å². The molecule has 1 amide bonds. The van der Waals surface area contributed by atoms with Crippen molar-refractivity contribution in [2.45, 2.75) is 52.5 Å². The molecule has 4 heteroatoms. The zero-order valence-electron chi connectivity index (χ0n) is 10.6. The molecule has 1 aliphatic heterocycles. The molecule has 0 aromatic carbocycles. The molecule has 1 aliphatic rings. The fraction of sp³-hybridized carbons (Fsp3) is 0.917. The third-order valence-corrected chi connectivity index (χ3v) is 3.26. The van der Waals surface area contributed by atoms with Crippen LogP contribution in [0.1, 0.15) is 46.5 Å². The molecular formula is C12H25ClN2O. The second kappa shape index (κ2) is 7.13. The Morgan fingerprint density at radius 1 is 1.50 bits per heavy atom. The van der Waals surface area contributed by atoms with Crippen molar-refractivity contribution in [2.75, 3.05) is 13.1 Å². The molecule has 1 atom stereocenters. The van der Waals surface area contributed by atoms with Gasteiger partial charge in [-0.15, -0.1) is 12.4 Å². The van der Waals surface area contributed by atoms with E-state index in [0.29, 0.717) is 12.5 Å². The van der Waals surface area contributed by atoms with Crippen LogP contribution in [-0.2, 0) is 4.79 Å². The monoisotopic (exact) mass is 248 g/mol. The Morgan fingerprint density at radius 3 is 2.69 bits per heavy atom. The molecule has 0 aromatic heterocycles. The maximum absolute atomic E-state index is 11.7. The van der Waals surface area contributed by atoms with Gasteiger partial charge in [-0.05, 0) is 24.8 Å². The number of carbonyl (C=O) groups is 1. The summed E-state index contributed by atoms with van der Waals surface area (Å²) >= 11 is 0. The quantitative estimate of drug-likeness (QED) is 0.800. The largest absolute Gasteiger partial charge is 0.352 e. The first-order valence-corrected chi connectivity index (χ1v) is 6.03. The van der Waals surface area contributed by atoms with E-state index < -0.39 is 0 Å². The van der Waals surface area contributed by atoms with Gasteiger partial charge in [-0.25, -0.2) is 0 Å². The van der Waals surface area contributed by atoms with E-state index in [1.807, 2.05) is 0 Å². The van der Waals surface area contributed by atoms with E-state index in [1.165, 1.54) is 6.42 Å². The van der Waals surface area contributed by atoms with Gasteiger partial charge in [0, 0.05) is 19.0 Å². The molecule has 1 saturated heterocycles. The van der Waals surface area contributed by atoms with Crippen molar-refractivity contribution in [1.29, 1.82) is 0 Å². The van der Waals surface area contributed by atoms with Crippen LogP contribution in [0.3, 0.4) is 0 Å². The van der Waals surface area contributed by atoms with Gasteiger partial charge >= 0.3 is 0 Å². The molecule has 1 fully saturated rings. The number of amides is 1. The normalized spacial score (nSPS) is 21.1.